The largest absolute Gasteiger partial charge is 0.361 e. The summed E-state index contributed by atoms with van der Waals surface area (Å²) in [6, 6.07) is 16.3. The van der Waals surface area contributed by atoms with E-state index in [1.165, 1.54) is 22.0 Å². The Labute approximate surface area is 169 Å². The molecule has 2 heterocycles. The van der Waals surface area contributed by atoms with Gasteiger partial charge in [0.25, 0.3) is 0 Å². The Balaban J connectivity index is 1.27. The van der Waals surface area contributed by atoms with Gasteiger partial charge in [-0.1, -0.05) is 41.9 Å². The van der Waals surface area contributed by atoms with Crippen molar-refractivity contribution in [1.82, 2.24) is 9.88 Å². The number of thioether (sulfide) groups is 1. The maximum Gasteiger partial charge on any atom is 0.232 e. The van der Waals surface area contributed by atoms with Crippen molar-refractivity contribution in [2.24, 2.45) is 0 Å². The molecular formula is C22H23ClN2OS. The quantitative estimate of drug-likeness (QED) is 0.619. The summed E-state index contributed by atoms with van der Waals surface area (Å²) in [6.45, 7) is 1.70. The summed E-state index contributed by atoms with van der Waals surface area (Å²) in [5.74, 6) is 2.17. The second kappa shape index (κ2) is 8.41. The fraction of sp³-hybridized carbons (Fsp3) is 0.318. The lowest BCUT2D eigenvalue weighted by molar-refractivity contribution is -0.129. The molecular weight excluding hydrogens is 376 g/mol. The number of hydrogen-bond donors (Lipinski definition) is 1. The van der Waals surface area contributed by atoms with E-state index in [0.29, 0.717) is 11.7 Å². The molecule has 0 spiro atoms. The maximum atomic E-state index is 12.5. The number of benzene rings is 2. The van der Waals surface area contributed by atoms with Crippen molar-refractivity contribution in [1.29, 1.82) is 0 Å². The van der Waals surface area contributed by atoms with Gasteiger partial charge in [0.15, 0.2) is 0 Å². The van der Waals surface area contributed by atoms with Crippen molar-refractivity contribution >= 4 is 40.2 Å². The van der Waals surface area contributed by atoms with Crippen molar-refractivity contribution in [2.45, 2.75) is 24.5 Å². The van der Waals surface area contributed by atoms with Gasteiger partial charge in [-0.05, 0) is 48.1 Å². The number of nitrogens with one attached hydrogen (secondary N) is 1. The fourth-order valence-electron chi connectivity index (χ4n) is 3.80. The lowest BCUT2D eigenvalue weighted by atomic mass is 9.89. The third-order valence-electron chi connectivity index (χ3n) is 5.32. The first-order valence-electron chi connectivity index (χ1n) is 9.36. The average molecular weight is 399 g/mol. The Morgan fingerprint density at radius 2 is 1.85 bits per heavy atom. The number of piperidine rings is 1. The Hall–Kier alpha value is -1.91. The van der Waals surface area contributed by atoms with Gasteiger partial charge in [-0.3, -0.25) is 4.79 Å². The molecule has 0 radical (unpaired) electrons. The number of nitrogens with zero attached hydrogens (tertiary/aromatic N) is 1. The Morgan fingerprint density at radius 1 is 1.11 bits per heavy atom. The van der Waals surface area contributed by atoms with Gasteiger partial charge < -0.3 is 9.88 Å². The van der Waals surface area contributed by atoms with E-state index < -0.39 is 0 Å². The molecule has 27 heavy (non-hydrogen) atoms. The number of amides is 1. The van der Waals surface area contributed by atoms with Crippen molar-refractivity contribution in [3.05, 3.63) is 70.9 Å². The van der Waals surface area contributed by atoms with E-state index in [1.807, 2.05) is 29.2 Å². The summed E-state index contributed by atoms with van der Waals surface area (Å²) in [4.78, 5) is 17.9. The van der Waals surface area contributed by atoms with Crippen LogP contribution in [0.2, 0.25) is 5.02 Å². The van der Waals surface area contributed by atoms with Gasteiger partial charge in [-0.25, -0.2) is 0 Å². The highest BCUT2D eigenvalue weighted by Gasteiger charge is 2.25. The molecule has 1 N–H and O–H groups in total. The van der Waals surface area contributed by atoms with Crippen molar-refractivity contribution in [3.63, 3.8) is 0 Å². The summed E-state index contributed by atoms with van der Waals surface area (Å²) < 4.78 is 0. The van der Waals surface area contributed by atoms with E-state index in [4.69, 9.17) is 11.6 Å². The fourth-order valence-corrected chi connectivity index (χ4v) is 4.81. The van der Waals surface area contributed by atoms with E-state index >= 15 is 0 Å². The predicted molar refractivity (Wildman–Crippen MR) is 114 cm³/mol. The number of carbonyl (C=O) groups is 1. The van der Waals surface area contributed by atoms with E-state index in [9.17, 15) is 4.79 Å². The highest BCUT2D eigenvalue weighted by Crippen LogP contribution is 2.33. The van der Waals surface area contributed by atoms with E-state index in [0.717, 1.165) is 36.7 Å². The zero-order chi connectivity index (χ0) is 18.6. The summed E-state index contributed by atoms with van der Waals surface area (Å²) >= 11 is 7.58. The number of likely N-dealkylation sites (tertiary alicyclic amines) is 1. The molecule has 2 aromatic carbocycles. The highest BCUT2D eigenvalue weighted by molar-refractivity contribution is 7.99. The van der Waals surface area contributed by atoms with Crippen LogP contribution in [0.15, 0.2) is 54.7 Å². The maximum absolute atomic E-state index is 12.5. The first-order chi connectivity index (χ1) is 13.2. The standard InChI is InChI=1S/C22H23ClN2OS/c23-18-7-5-16(6-8-18)14-27-15-22(26)25-11-9-17(10-12-25)20-13-24-21-4-2-1-3-19(20)21/h1-8,13,17,24H,9-12,14-15H2. The summed E-state index contributed by atoms with van der Waals surface area (Å²) in [5, 5.41) is 2.07. The Bertz CT molecular complexity index is 913. The zero-order valence-corrected chi connectivity index (χ0v) is 16.7. The number of hydrogen-bond acceptors (Lipinski definition) is 2. The molecule has 1 aromatic heterocycles. The van der Waals surface area contributed by atoms with Crippen LogP contribution in [0.25, 0.3) is 10.9 Å². The number of carbonyl (C=O) groups excluding carboxylic acids is 1. The van der Waals surface area contributed by atoms with Gasteiger partial charge in [0.1, 0.15) is 0 Å². The minimum Gasteiger partial charge on any atom is -0.361 e. The van der Waals surface area contributed by atoms with Gasteiger partial charge in [-0.15, -0.1) is 11.8 Å². The molecule has 1 aliphatic rings. The minimum absolute atomic E-state index is 0.256. The molecule has 3 aromatic rings. The molecule has 1 fully saturated rings. The molecule has 0 atom stereocenters. The van der Waals surface area contributed by atoms with Crippen LogP contribution in [0.3, 0.4) is 0 Å². The normalized spacial score (nSPS) is 15.4. The molecule has 1 aliphatic heterocycles. The highest BCUT2D eigenvalue weighted by atomic mass is 35.5. The predicted octanol–water partition coefficient (Wildman–Crippen LogP) is 5.46. The van der Waals surface area contributed by atoms with Crippen LogP contribution in [0.4, 0.5) is 0 Å². The molecule has 3 nitrogen and oxygen atoms in total. The monoisotopic (exact) mass is 398 g/mol. The lowest BCUT2D eigenvalue weighted by Gasteiger charge is -2.32. The lowest BCUT2D eigenvalue weighted by Crippen LogP contribution is -2.38. The van der Waals surface area contributed by atoms with Crippen LogP contribution in [-0.2, 0) is 10.5 Å². The van der Waals surface area contributed by atoms with Gasteiger partial charge in [0, 0.05) is 41.0 Å². The first-order valence-corrected chi connectivity index (χ1v) is 10.9. The van der Waals surface area contributed by atoms with Crippen LogP contribution in [0, 0.1) is 0 Å². The smallest absolute Gasteiger partial charge is 0.232 e. The van der Waals surface area contributed by atoms with Crippen molar-refractivity contribution < 1.29 is 4.79 Å². The number of halogens is 1. The molecule has 1 amide bonds. The van der Waals surface area contributed by atoms with Gasteiger partial charge in [0.2, 0.25) is 5.91 Å². The molecule has 140 valence electrons. The van der Waals surface area contributed by atoms with E-state index in [-0.39, 0.29) is 5.91 Å². The average Bonchev–Trinajstić information content (AvgIpc) is 3.14. The topological polar surface area (TPSA) is 36.1 Å². The first kappa shape index (κ1) is 18.5. The van der Waals surface area contributed by atoms with E-state index in [2.05, 4.69) is 35.4 Å². The van der Waals surface area contributed by atoms with Crippen LogP contribution in [0.5, 0.6) is 0 Å². The van der Waals surface area contributed by atoms with Crippen LogP contribution >= 0.6 is 23.4 Å². The summed E-state index contributed by atoms with van der Waals surface area (Å²) in [6.07, 6.45) is 4.22. The number of aromatic amines is 1. The van der Waals surface area contributed by atoms with Gasteiger partial charge in [0.05, 0.1) is 5.75 Å². The molecule has 0 unspecified atom stereocenters. The van der Waals surface area contributed by atoms with Crippen molar-refractivity contribution in [3.8, 4) is 0 Å². The number of H-pyrrole nitrogens is 1. The van der Waals surface area contributed by atoms with Gasteiger partial charge in [-0.2, -0.15) is 0 Å². The van der Waals surface area contributed by atoms with Gasteiger partial charge >= 0.3 is 0 Å². The Morgan fingerprint density at radius 3 is 2.63 bits per heavy atom. The third-order valence-corrected chi connectivity index (χ3v) is 6.56. The number of rotatable bonds is 5. The Kier molecular flexibility index (Phi) is 5.74. The second-order valence-electron chi connectivity index (χ2n) is 7.06. The SMILES string of the molecule is O=C(CSCc1ccc(Cl)cc1)N1CCC(c2c[nH]c3ccccc23)CC1. The molecule has 0 saturated carbocycles. The summed E-state index contributed by atoms with van der Waals surface area (Å²) in [5.41, 5.74) is 3.80. The molecule has 0 bridgehead atoms. The second-order valence-corrected chi connectivity index (χ2v) is 8.49. The van der Waals surface area contributed by atoms with Crippen LogP contribution in [0.1, 0.15) is 29.9 Å². The minimum atomic E-state index is 0.256. The molecule has 0 aliphatic carbocycles. The van der Waals surface area contributed by atoms with Crippen molar-refractivity contribution in [2.75, 3.05) is 18.8 Å². The number of fused-ring (bicyclic) bond motifs is 1. The molecule has 4 rings (SSSR count). The molecule has 1 saturated heterocycles. The number of para-hydroxylation sites is 1. The zero-order valence-electron chi connectivity index (χ0n) is 15.2. The van der Waals surface area contributed by atoms with Crippen LogP contribution in [-0.4, -0.2) is 34.6 Å². The third kappa shape index (κ3) is 4.33. The van der Waals surface area contributed by atoms with Crippen LogP contribution < -0.4 is 0 Å². The number of aromatic nitrogens is 1. The summed E-state index contributed by atoms with van der Waals surface area (Å²) in [7, 11) is 0. The molecule has 5 heteroatoms. The van der Waals surface area contributed by atoms with E-state index in [1.54, 1.807) is 11.8 Å².